The summed E-state index contributed by atoms with van der Waals surface area (Å²) in [5, 5.41) is 3.29. The van der Waals surface area contributed by atoms with Crippen LogP contribution >= 0.6 is 11.3 Å². The summed E-state index contributed by atoms with van der Waals surface area (Å²) in [5.74, 6) is -0.318. The van der Waals surface area contributed by atoms with Gasteiger partial charge in [0.05, 0.1) is 15.1 Å². The van der Waals surface area contributed by atoms with Crippen molar-refractivity contribution in [2.45, 2.75) is 31.6 Å². The fourth-order valence-electron chi connectivity index (χ4n) is 2.87. The first-order valence-electron chi connectivity index (χ1n) is 9.23. The number of nitrogens with one attached hydrogen (secondary N) is 1. The molecule has 148 valence electrons. The average Bonchev–Trinajstić information content (AvgIpc) is 3.10. The Morgan fingerprint density at radius 1 is 1.04 bits per heavy atom. The van der Waals surface area contributed by atoms with E-state index in [1.54, 1.807) is 0 Å². The second kappa shape index (κ2) is 8.81. The summed E-state index contributed by atoms with van der Waals surface area (Å²) in [5.41, 5.74) is 1.21. The number of hydrogen-bond donors (Lipinski definition) is 1. The number of rotatable bonds is 8. The second-order valence-corrected chi connectivity index (χ2v) is 9.34. The molecule has 8 heteroatoms. The summed E-state index contributed by atoms with van der Waals surface area (Å²) in [6.07, 6.45) is 1.50. The van der Waals surface area contributed by atoms with Crippen LogP contribution in [-0.4, -0.2) is 36.7 Å². The van der Waals surface area contributed by atoms with Gasteiger partial charge in [0.2, 0.25) is 10.0 Å². The lowest BCUT2D eigenvalue weighted by molar-refractivity contribution is 0.102. The van der Waals surface area contributed by atoms with Crippen LogP contribution in [-0.2, 0) is 10.0 Å². The minimum absolute atomic E-state index is 0.200. The zero-order valence-corrected chi connectivity index (χ0v) is 17.5. The van der Waals surface area contributed by atoms with Crippen molar-refractivity contribution in [2.24, 2.45) is 0 Å². The number of carbonyl (C=O) groups excluding carboxylic acids is 1. The number of amides is 1. The van der Waals surface area contributed by atoms with Crippen LogP contribution in [0.3, 0.4) is 0 Å². The van der Waals surface area contributed by atoms with E-state index >= 15 is 0 Å². The molecule has 0 saturated heterocycles. The number of benzene rings is 2. The van der Waals surface area contributed by atoms with Crippen LogP contribution in [0.4, 0.5) is 5.13 Å². The Bertz CT molecular complexity index is 1020. The van der Waals surface area contributed by atoms with Gasteiger partial charge < -0.3 is 0 Å². The summed E-state index contributed by atoms with van der Waals surface area (Å²) in [6, 6.07) is 13.7. The van der Waals surface area contributed by atoms with Gasteiger partial charge in [-0.25, -0.2) is 13.4 Å². The molecule has 1 aromatic heterocycles. The molecule has 0 unspecified atom stereocenters. The zero-order valence-electron chi connectivity index (χ0n) is 15.9. The van der Waals surface area contributed by atoms with Crippen molar-refractivity contribution >= 4 is 42.6 Å². The van der Waals surface area contributed by atoms with Crippen LogP contribution in [0.15, 0.2) is 53.4 Å². The monoisotopic (exact) mass is 417 g/mol. The molecule has 0 radical (unpaired) electrons. The molecule has 1 heterocycles. The fourth-order valence-corrected chi connectivity index (χ4v) is 5.36. The van der Waals surface area contributed by atoms with Crippen LogP contribution in [0.5, 0.6) is 0 Å². The third-order valence-corrected chi connectivity index (χ3v) is 7.08. The highest BCUT2D eigenvalue weighted by Crippen LogP contribution is 2.26. The van der Waals surface area contributed by atoms with Gasteiger partial charge in [-0.15, -0.1) is 0 Å². The predicted molar refractivity (Wildman–Crippen MR) is 113 cm³/mol. The molecule has 3 rings (SSSR count). The lowest BCUT2D eigenvalue weighted by Gasteiger charge is -2.21. The minimum atomic E-state index is -3.55. The molecule has 0 atom stereocenters. The van der Waals surface area contributed by atoms with Crippen molar-refractivity contribution in [2.75, 3.05) is 18.4 Å². The number of nitrogens with zero attached hydrogens (tertiary/aromatic N) is 2. The maximum Gasteiger partial charge on any atom is 0.257 e. The maximum atomic E-state index is 12.8. The fraction of sp³-hybridized carbons (Fsp3) is 0.300. The summed E-state index contributed by atoms with van der Waals surface area (Å²) in [6.45, 7) is 4.87. The third-order valence-electron chi connectivity index (χ3n) is 4.21. The molecule has 0 spiro atoms. The van der Waals surface area contributed by atoms with Gasteiger partial charge in [-0.3, -0.25) is 10.1 Å². The van der Waals surface area contributed by atoms with Crippen molar-refractivity contribution in [1.29, 1.82) is 0 Å². The predicted octanol–water partition coefficient (Wildman–Crippen LogP) is 4.36. The first kappa shape index (κ1) is 20.4. The van der Waals surface area contributed by atoms with E-state index in [4.69, 9.17) is 0 Å². The Morgan fingerprint density at radius 3 is 2.29 bits per heavy atom. The molecule has 0 aliphatic rings. The number of para-hydroxylation sites is 1. The zero-order chi connectivity index (χ0) is 20.1. The maximum absolute atomic E-state index is 12.8. The first-order valence-corrected chi connectivity index (χ1v) is 11.5. The van der Waals surface area contributed by atoms with Gasteiger partial charge in [0.1, 0.15) is 0 Å². The van der Waals surface area contributed by atoms with Gasteiger partial charge in [0.15, 0.2) is 5.13 Å². The standard InChI is InChI=1S/C20H23N3O3S2/c1-3-13-23(14-4-2)28(25,26)16-11-9-15(10-12-16)19(24)22-20-21-17-7-5-6-8-18(17)27-20/h5-12H,3-4,13-14H2,1-2H3,(H,21,22,24). The Labute approximate surface area is 169 Å². The number of hydrogen-bond acceptors (Lipinski definition) is 5. The van der Waals surface area contributed by atoms with Gasteiger partial charge in [-0.1, -0.05) is 37.3 Å². The summed E-state index contributed by atoms with van der Waals surface area (Å²) in [4.78, 5) is 17.1. The molecule has 0 aliphatic heterocycles. The van der Waals surface area contributed by atoms with Crippen molar-refractivity contribution in [3.05, 3.63) is 54.1 Å². The second-order valence-electron chi connectivity index (χ2n) is 6.37. The van der Waals surface area contributed by atoms with E-state index in [0.29, 0.717) is 23.8 Å². The molecule has 0 fully saturated rings. The van der Waals surface area contributed by atoms with Crippen LogP contribution in [0.25, 0.3) is 10.2 Å². The van der Waals surface area contributed by atoms with E-state index in [9.17, 15) is 13.2 Å². The summed E-state index contributed by atoms with van der Waals surface area (Å²) in [7, 11) is -3.55. The van der Waals surface area contributed by atoms with Gasteiger partial charge in [0.25, 0.3) is 5.91 Å². The first-order chi connectivity index (χ1) is 13.5. The largest absolute Gasteiger partial charge is 0.298 e. The van der Waals surface area contributed by atoms with Gasteiger partial charge >= 0.3 is 0 Å². The van der Waals surface area contributed by atoms with E-state index < -0.39 is 10.0 Å². The highest BCUT2D eigenvalue weighted by Gasteiger charge is 2.23. The summed E-state index contributed by atoms with van der Waals surface area (Å²) < 4.78 is 28.1. The summed E-state index contributed by atoms with van der Waals surface area (Å²) >= 11 is 1.40. The SMILES string of the molecule is CCCN(CCC)S(=O)(=O)c1ccc(C(=O)Nc2nc3ccccc3s2)cc1. The molecule has 3 aromatic rings. The number of sulfonamides is 1. The smallest absolute Gasteiger partial charge is 0.257 e. The molecule has 0 bridgehead atoms. The van der Waals surface area contributed by atoms with Crippen molar-refractivity contribution in [1.82, 2.24) is 9.29 Å². The molecule has 2 aromatic carbocycles. The van der Waals surface area contributed by atoms with Crippen LogP contribution < -0.4 is 5.32 Å². The van der Waals surface area contributed by atoms with Gasteiger partial charge in [-0.2, -0.15) is 4.31 Å². The molecule has 28 heavy (non-hydrogen) atoms. The molecule has 0 aliphatic carbocycles. The molecule has 1 N–H and O–H groups in total. The minimum Gasteiger partial charge on any atom is -0.298 e. The lowest BCUT2D eigenvalue weighted by Crippen LogP contribution is -2.32. The van der Waals surface area contributed by atoms with Crippen molar-refractivity contribution in [3.63, 3.8) is 0 Å². The van der Waals surface area contributed by atoms with Crippen LogP contribution in [0.1, 0.15) is 37.0 Å². The Kier molecular flexibility index (Phi) is 6.43. The highest BCUT2D eigenvalue weighted by molar-refractivity contribution is 7.89. The number of carbonyl (C=O) groups is 1. The third kappa shape index (κ3) is 4.40. The molecular formula is C20H23N3O3S2. The van der Waals surface area contributed by atoms with Gasteiger partial charge in [-0.05, 0) is 49.2 Å². The number of aromatic nitrogens is 1. The van der Waals surface area contributed by atoms with Crippen LogP contribution in [0.2, 0.25) is 0 Å². The Hall–Kier alpha value is -2.29. The average molecular weight is 418 g/mol. The molecular weight excluding hydrogens is 394 g/mol. The van der Waals surface area contributed by atoms with E-state index in [0.717, 1.165) is 23.1 Å². The van der Waals surface area contributed by atoms with E-state index in [1.165, 1.54) is 39.9 Å². The normalized spacial score (nSPS) is 11.8. The molecule has 6 nitrogen and oxygen atoms in total. The number of thiazole rings is 1. The Balaban J connectivity index is 1.76. The molecule has 0 saturated carbocycles. The van der Waals surface area contributed by atoms with Crippen molar-refractivity contribution in [3.8, 4) is 0 Å². The van der Waals surface area contributed by atoms with E-state index in [2.05, 4.69) is 10.3 Å². The number of fused-ring (bicyclic) bond motifs is 1. The van der Waals surface area contributed by atoms with Crippen molar-refractivity contribution < 1.29 is 13.2 Å². The molecule has 1 amide bonds. The van der Waals surface area contributed by atoms with Gasteiger partial charge in [0, 0.05) is 18.7 Å². The number of anilines is 1. The topological polar surface area (TPSA) is 79.4 Å². The quantitative estimate of drug-likeness (QED) is 0.591. The Morgan fingerprint density at radius 2 is 1.68 bits per heavy atom. The highest BCUT2D eigenvalue weighted by atomic mass is 32.2. The van der Waals surface area contributed by atoms with E-state index in [1.807, 2.05) is 38.1 Å². The lowest BCUT2D eigenvalue weighted by atomic mass is 10.2. The van der Waals surface area contributed by atoms with Crippen LogP contribution in [0, 0.1) is 0 Å². The van der Waals surface area contributed by atoms with E-state index in [-0.39, 0.29) is 10.8 Å².